The third kappa shape index (κ3) is 4.94. The van der Waals surface area contributed by atoms with Gasteiger partial charge in [-0.3, -0.25) is 4.79 Å². The van der Waals surface area contributed by atoms with Crippen molar-refractivity contribution in [2.75, 3.05) is 34.2 Å². The Morgan fingerprint density at radius 2 is 1.83 bits per heavy atom. The number of hydrogen-bond donors (Lipinski definition) is 1. The molecule has 1 saturated carbocycles. The van der Waals surface area contributed by atoms with Crippen LogP contribution in [0.25, 0.3) is 0 Å². The smallest absolute Gasteiger partial charge is 0.225 e. The Hall–Kier alpha value is -0.610. The number of hydrogen-bond acceptors (Lipinski definition) is 3. The van der Waals surface area contributed by atoms with Crippen LogP contribution in [-0.4, -0.2) is 56.0 Å². The quantitative estimate of drug-likeness (QED) is 0.802. The summed E-state index contributed by atoms with van der Waals surface area (Å²) < 4.78 is 0. The highest BCUT2D eigenvalue weighted by Gasteiger charge is 2.30. The minimum atomic E-state index is 0.146. The molecule has 1 aliphatic carbocycles. The van der Waals surface area contributed by atoms with Crippen molar-refractivity contribution in [1.82, 2.24) is 9.80 Å². The van der Waals surface area contributed by atoms with Gasteiger partial charge >= 0.3 is 0 Å². The molecule has 4 nitrogen and oxygen atoms in total. The Morgan fingerprint density at radius 3 is 2.39 bits per heavy atom. The van der Waals surface area contributed by atoms with E-state index in [1.165, 1.54) is 0 Å². The zero-order valence-corrected chi connectivity index (χ0v) is 12.4. The standard InChI is InChI=1S/C14H29N3O/c1-11-8-12(10-13(15)9-11)14(18)17(4)7-5-6-16(2)3/h11-13H,5-10,15H2,1-4H3. The molecule has 0 aromatic rings. The van der Waals surface area contributed by atoms with Crippen molar-refractivity contribution < 1.29 is 4.79 Å². The SMILES string of the molecule is CC1CC(N)CC(C(=O)N(C)CCCN(C)C)C1. The fraction of sp³-hybridized carbons (Fsp3) is 0.929. The van der Waals surface area contributed by atoms with E-state index in [2.05, 4.69) is 25.9 Å². The third-order valence-electron chi connectivity index (χ3n) is 3.80. The van der Waals surface area contributed by atoms with Crippen LogP contribution in [0.4, 0.5) is 0 Å². The van der Waals surface area contributed by atoms with Crippen molar-refractivity contribution in [1.29, 1.82) is 0 Å². The first-order chi connectivity index (χ1) is 8.40. The van der Waals surface area contributed by atoms with Gasteiger partial charge in [0.1, 0.15) is 0 Å². The van der Waals surface area contributed by atoms with Gasteiger partial charge in [0, 0.05) is 25.6 Å². The van der Waals surface area contributed by atoms with E-state index >= 15 is 0 Å². The highest BCUT2D eigenvalue weighted by molar-refractivity contribution is 5.78. The van der Waals surface area contributed by atoms with Crippen LogP contribution in [0.2, 0.25) is 0 Å². The average Bonchev–Trinajstić information content (AvgIpc) is 2.26. The summed E-state index contributed by atoms with van der Waals surface area (Å²) in [6, 6.07) is 0.206. The molecule has 3 atom stereocenters. The number of carbonyl (C=O) groups excluding carboxylic acids is 1. The number of nitrogens with zero attached hydrogens (tertiary/aromatic N) is 2. The van der Waals surface area contributed by atoms with Crippen molar-refractivity contribution in [3.8, 4) is 0 Å². The summed E-state index contributed by atoms with van der Waals surface area (Å²) in [5, 5.41) is 0. The van der Waals surface area contributed by atoms with E-state index in [-0.39, 0.29) is 17.9 Å². The van der Waals surface area contributed by atoms with Gasteiger partial charge < -0.3 is 15.5 Å². The van der Waals surface area contributed by atoms with Gasteiger partial charge in [-0.1, -0.05) is 6.92 Å². The van der Waals surface area contributed by atoms with Gasteiger partial charge in [0.05, 0.1) is 0 Å². The molecular formula is C14H29N3O. The Labute approximate surface area is 111 Å². The second-order valence-electron chi connectivity index (χ2n) is 6.19. The maximum absolute atomic E-state index is 12.3. The van der Waals surface area contributed by atoms with Crippen LogP contribution in [-0.2, 0) is 4.79 Å². The lowest BCUT2D eigenvalue weighted by Crippen LogP contribution is -2.41. The van der Waals surface area contributed by atoms with Crippen molar-refractivity contribution in [2.45, 2.75) is 38.6 Å². The first kappa shape index (κ1) is 15.4. The topological polar surface area (TPSA) is 49.6 Å². The highest BCUT2D eigenvalue weighted by atomic mass is 16.2. The molecule has 18 heavy (non-hydrogen) atoms. The van der Waals surface area contributed by atoms with Gasteiger partial charge in [0.2, 0.25) is 5.91 Å². The summed E-state index contributed by atoms with van der Waals surface area (Å²) in [7, 11) is 6.04. The van der Waals surface area contributed by atoms with E-state index in [0.29, 0.717) is 5.92 Å². The van der Waals surface area contributed by atoms with Crippen LogP contribution >= 0.6 is 0 Å². The molecule has 1 aliphatic rings. The van der Waals surface area contributed by atoms with Gasteiger partial charge in [0.25, 0.3) is 0 Å². The molecule has 1 amide bonds. The van der Waals surface area contributed by atoms with Crippen LogP contribution in [0.15, 0.2) is 0 Å². The van der Waals surface area contributed by atoms with E-state index in [1.807, 2.05) is 11.9 Å². The molecule has 0 spiro atoms. The summed E-state index contributed by atoms with van der Waals surface area (Å²) in [5.41, 5.74) is 6.02. The van der Waals surface area contributed by atoms with Gasteiger partial charge in [-0.05, 0) is 52.2 Å². The molecule has 1 fully saturated rings. The number of nitrogens with two attached hydrogens (primary N) is 1. The summed E-state index contributed by atoms with van der Waals surface area (Å²) in [5.74, 6) is 1.02. The summed E-state index contributed by atoms with van der Waals surface area (Å²) in [6.45, 7) is 4.07. The van der Waals surface area contributed by atoms with Crippen LogP contribution < -0.4 is 5.73 Å². The van der Waals surface area contributed by atoms with Gasteiger partial charge in [-0.2, -0.15) is 0 Å². The minimum Gasteiger partial charge on any atom is -0.345 e. The fourth-order valence-corrected chi connectivity index (χ4v) is 2.90. The van der Waals surface area contributed by atoms with Gasteiger partial charge in [-0.25, -0.2) is 0 Å². The van der Waals surface area contributed by atoms with E-state index < -0.39 is 0 Å². The largest absolute Gasteiger partial charge is 0.345 e. The molecular weight excluding hydrogens is 226 g/mol. The Morgan fingerprint density at radius 1 is 1.17 bits per heavy atom. The van der Waals surface area contributed by atoms with Crippen LogP contribution in [0, 0.1) is 11.8 Å². The number of amides is 1. The number of rotatable bonds is 5. The first-order valence-corrected chi connectivity index (χ1v) is 7.05. The third-order valence-corrected chi connectivity index (χ3v) is 3.80. The molecule has 106 valence electrons. The zero-order chi connectivity index (χ0) is 13.7. The molecule has 2 N–H and O–H groups in total. The molecule has 1 rings (SSSR count). The van der Waals surface area contributed by atoms with E-state index in [0.717, 1.165) is 38.8 Å². The molecule has 0 aromatic carbocycles. The maximum atomic E-state index is 12.3. The van der Waals surface area contributed by atoms with Crippen molar-refractivity contribution in [2.24, 2.45) is 17.6 Å². The normalized spacial score (nSPS) is 28.4. The van der Waals surface area contributed by atoms with Crippen molar-refractivity contribution in [3.05, 3.63) is 0 Å². The summed E-state index contributed by atoms with van der Waals surface area (Å²) >= 11 is 0. The zero-order valence-electron chi connectivity index (χ0n) is 12.4. The summed E-state index contributed by atoms with van der Waals surface area (Å²) in [4.78, 5) is 16.4. The Bertz CT molecular complexity index is 258. The lowest BCUT2D eigenvalue weighted by molar-refractivity contribution is -0.136. The first-order valence-electron chi connectivity index (χ1n) is 7.05. The minimum absolute atomic E-state index is 0.146. The van der Waals surface area contributed by atoms with Gasteiger partial charge in [-0.15, -0.1) is 0 Å². The fourth-order valence-electron chi connectivity index (χ4n) is 2.90. The number of carbonyl (C=O) groups is 1. The van der Waals surface area contributed by atoms with Crippen LogP contribution in [0.3, 0.4) is 0 Å². The predicted molar refractivity (Wildman–Crippen MR) is 75.3 cm³/mol. The predicted octanol–water partition coefficient (Wildman–Crippen LogP) is 1.16. The molecule has 0 heterocycles. The van der Waals surface area contributed by atoms with Crippen molar-refractivity contribution >= 4 is 5.91 Å². The molecule has 0 aliphatic heterocycles. The second-order valence-corrected chi connectivity index (χ2v) is 6.19. The Kier molecular flexibility index (Phi) is 6.09. The van der Waals surface area contributed by atoms with E-state index in [9.17, 15) is 4.79 Å². The molecule has 4 heteroatoms. The summed E-state index contributed by atoms with van der Waals surface area (Å²) in [6.07, 6.45) is 3.96. The lowest BCUT2D eigenvalue weighted by Gasteiger charge is -2.33. The average molecular weight is 255 g/mol. The molecule has 0 aromatic heterocycles. The van der Waals surface area contributed by atoms with Crippen molar-refractivity contribution in [3.63, 3.8) is 0 Å². The second kappa shape index (κ2) is 7.10. The maximum Gasteiger partial charge on any atom is 0.225 e. The van der Waals surface area contributed by atoms with Crippen LogP contribution in [0.1, 0.15) is 32.6 Å². The van der Waals surface area contributed by atoms with Gasteiger partial charge in [0.15, 0.2) is 0 Å². The molecule has 0 radical (unpaired) electrons. The lowest BCUT2D eigenvalue weighted by atomic mass is 9.79. The molecule has 0 saturated heterocycles. The molecule has 3 unspecified atom stereocenters. The van der Waals surface area contributed by atoms with Crippen LogP contribution in [0.5, 0.6) is 0 Å². The highest BCUT2D eigenvalue weighted by Crippen LogP contribution is 2.29. The Balaban J connectivity index is 2.38. The monoisotopic (exact) mass is 255 g/mol. The van der Waals surface area contributed by atoms with E-state index in [1.54, 1.807) is 0 Å². The molecule has 0 bridgehead atoms. The van der Waals surface area contributed by atoms with E-state index in [4.69, 9.17) is 5.73 Å².